The summed E-state index contributed by atoms with van der Waals surface area (Å²) in [6.07, 6.45) is 1.98. The summed E-state index contributed by atoms with van der Waals surface area (Å²) in [5.41, 5.74) is 0.774. The average Bonchev–Trinajstić information content (AvgIpc) is 1.84. The van der Waals surface area contributed by atoms with Crippen molar-refractivity contribution in [3.05, 3.63) is 11.6 Å². The standard InChI is InChI=1S/C7H10F2N2O/c1-5(2)3-6(11-4-10)12-7(8)9/h3-4,7,10H,1-2H3/b10-4?,11-6+. The van der Waals surface area contributed by atoms with Gasteiger partial charge in [-0.2, -0.15) is 8.78 Å². The number of nitrogens with zero attached hydrogens (tertiary/aromatic N) is 1. The zero-order valence-corrected chi connectivity index (χ0v) is 6.84. The van der Waals surface area contributed by atoms with Gasteiger partial charge in [-0.1, -0.05) is 5.57 Å². The van der Waals surface area contributed by atoms with Gasteiger partial charge in [0, 0.05) is 0 Å². The molecule has 0 aliphatic rings. The lowest BCUT2D eigenvalue weighted by molar-refractivity contribution is -0.0591. The van der Waals surface area contributed by atoms with Crippen molar-refractivity contribution in [3.63, 3.8) is 0 Å². The predicted octanol–water partition coefficient (Wildman–Crippen LogP) is 2.20. The van der Waals surface area contributed by atoms with E-state index in [2.05, 4.69) is 9.73 Å². The molecule has 0 spiro atoms. The highest BCUT2D eigenvalue weighted by Crippen LogP contribution is 2.00. The molecule has 0 fully saturated rings. The van der Waals surface area contributed by atoms with Crippen LogP contribution in [0.1, 0.15) is 13.8 Å². The van der Waals surface area contributed by atoms with Gasteiger partial charge in [0.1, 0.15) is 6.34 Å². The number of hydrogen-bond acceptors (Lipinski definition) is 2. The van der Waals surface area contributed by atoms with E-state index in [4.69, 9.17) is 5.41 Å². The highest BCUT2D eigenvalue weighted by Gasteiger charge is 2.05. The van der Waals surface area contributed by atoms with Crippen molar-refractivity contribution in [1.82, 2.24) is 0 Å². The van der Waals surface area contributed by atoms with Crippen LogP contribution in [0.5, 0.6) is 0 Å². The molecule has 12 heavy (non-hydrogen) atoms. The van der Waals surface area contributed by atoms with Crippen LogP contribution in [-0.2, 0) is 4.74 Å². The quantitative estimate of drug-likeness (QED) is 0.520. The first-order valence-electron chi connectivity index (χ1n) is 3.22. The van der Waals surface area contributed by atoms with Crippen LogP contribution in [0, 0.1) is 5.41 Å². The molecule has 0 aromatic rings. The van der Waals surface area contributed by atoms with Crippen LogP contribution in [0.2, 0.25) is 0 Å². The summed E-state index contributed by atoms with van der Waals surface area (Å²) in [6.45, 7) is 0.530. The smallest absolute Gasteiger partial charge is 0.388 e. The SMILES string of the molecule is CC(C)=C/C(=N\C=N)OC(F)F. The van der Waals surface area contributed by atoms with E-state index in [0.29, 0.717) is 6.34 Å². The second-order valence-corrected chi connectivity index (χ2v) is 2.20. The van der Waals surface area contributed by atoms with Gasteiger partial charge < -0.3 is 4.74 Å². The van der Waals surface area contributed by atoms with Crippen molar-refractivity contribution < 1.29 is 13.5 Å². The summed E-state index contributed by atoms with van der Waals surface area (Å²) in [5, 5.41) is 6.56. The van der Waals surface area contributed by atoms with Gasteiger partial charge in [-0.25, -0.2) is 4.99 Å². The molecule has 0 radical (unpaired) electrons. The summed E-state index contributed by atoms with van der Waals surface area (Å²) >= 11 is 0. The zero-order valence-electron chi connectivity index (χ0n) is 6.84. The molecule has 0 bridgehead atoms. The van der Waals surface area contributed by atoms with Gasteiger partial charge >= 0.3 is 6.61 Å². The average molecular weight is 176 g/mol. The Labute approximate surface area is 69.3 Å². The highest BCUT2D eigenvalue weighted by atomic mass is 19.3. The zero-order chi connectivity index (χ0) is 9.56. The van der Waals surface area contributed by atoms with Crippen molar-refractivity contribution in [2.24, 2.45) is 4.99 Å². The maximum Gasteiger partial charge on any atom is 0.388 e. The molecule has 0 aliphatic heterocycles. The van der Waals surface area contributed by atoms with Crippen molar-refractivity contribution in [1.29, 1.82) is 5.41 Å². The van der Waals surface area contributed by atoms with E-state index in [1.54, 1.807) is 13.8 Å². The predicted molar refractivity (Wildman–Crippen MR) is 42.7 cm³/mol. The van der Waals surface area contributed by atoms with Gasteiger partial charge in [0.25, 0.3) is 0 Å². The van der Waals surface area contributed by atoms with Crippen molar-refractivity contribution in [3.8, 4) is 0 Å². The third-order valence-electron chi connectivity index (χ3n) is 0.814. The van der Waals surface area contributed by atoms with Gasteiger partial charge in [-0.15, -0.1) is 0 Å². The van der Waals surface area contributed by atoms with E-state index >= 15 is 0 Å². The van der Waals surface area contributed by atoms with Crippen LogP contribution in [0.4, 0.5) is 8.78 Å². The van der Waals surface area contributed by atoms with Crippen molar-refractivity contribution in [2.75, 3.05) is 0 Å². The van der Waals surface area contributed by atoms with Crippen LogP contribution < -0.4 is 0 Å². The molecular formula is C7H10F2N2O. The van der Waals surface area contributed by atoms with Gasteiger partial charge in [0.15, 0.2) is 0 Å². The second kappa shape index (κ2) is 5.40. The van der Waals surface area contributed by atoms with E-state index in [1.807, 2.05) is 0 Å². The molecule has 0 aromatic carbocycles. The second-order valence-electron chi connectivity index (χ2n) is 2.20. The Morgan fingerprint density at radius 2 is 2.08 bits per heavy atom. The fourth-order valence-corrected chi connectivity index (χ4v) is 0.504. The van der Waals surface area contributed by atoms with Crippen LogP contribution in [0.15, 0.2) is 16.6 Å². The first-order valence-corrected chi connectivity index (χ1v) is 3.22. The topological polar surface area (TPSA) is 45.4 Å². The minimum Gasteiger partial charge on any atom is -0.417 e. The Hall–Kier alpha value is -1.26. The summed E-state index contributed by atoms with van der Waals surface area (Å²) in [5.74, 6) is -0.250. The lowest BCUT2D eigenvalue weighted by Gasteiger charge is -2.02. The third kappa shape index (κ3) is 5.52. The first kappa shape index (κ1) is 10.7. The maximum absolute atomic E-state index is 11.7. The summed E-state index contributed by atoms with van der Waals surface area (Å²) in [7, 11) is 0. The molecule has 0 rings (SSSR count). The monoisotopic (exact) mass is 176 g/mol. The number of allylic oxidation sites excluding steroid dienone is 1. The van der Waals surface area contributed by atoms with Crippen molar-refractivity contribution >= 4 is 12.2 Å². The molecule has 0 amide bonds. The lowest BCUT2D eigenvalue weighted by Crippen LogP contribution is -2.07. The Balaban J connectivity index is 4.35. The van der Waals surface area contributed by atoms with Crippen LogP contribution in [0.3, 0.4) is 0 Å². The number of rotatable bonds is 3. The van der Waals surface area contributed by atoms with Crippen LogP contribution in [0.25, 0.3) is 0 Å². The molecule has 0 aromatic heterocycles. The Morgan fingerprint density at radius 3 is 2.42 bits per heavy atom. The van der Waals surface area contributed by atoms with E-state index in [1.165, 1.54) is 6.08 Å². The van der Waals surface area contributed by atoms with Gasteiger partial charge in [0.05, 0.1) is 0 Å². The molecule has 0 atom stereocenters. The number of aliphatic imine (C=N–C) groups is 1. The maximum atomic E-state index is 11.7. The highest BCUT2D eigenvalue weighted by molar-refractivity contribution is 5.92. The normalized spacial score (nSPS) is 11.2. The molecule has 0 saturated carbocycles. The molecule has 0 heterocycles. The van der Waals surface area contributed by atoms with Gasteiger partial charge in [0.2, 0.25) is 5.90 Å². The van der Waals surface area contributed by atoms with Gasteiger partial charge in [-0.05, 0) is 19.9 Å². The van der Waals surface area contributed by atoms with Crippen molar-refractivity contribution in [2.45, 2.75) is 20.5 Å². The Bertz CT molecular complexity index is 207. The van der Waals surface area contributed by atoms with Gasteiger partial charge in [-0.3, -0.25) is 5.41 Å². The summed E-state index contributed by atoms with van der Waals surface area (Å²) < 4.78 is 27.3. The molecular weight excluding hydrogens is 166 g/mol. The largest absolute Gasteiger partial charge is 0.417 e. The summed E-state index contributed by atoms with van der Waals surface area (Å²) in [4.78, 5) is 3.28. The first-order chi connectivity index (χ1) is 5.56. The van der Waals surface area contributed by atoms with E-state index in [0.717, 1.165) is 5.57 Å². The van der Waals surface area contributed by atoms with E-state index < -0.39 is 6.61 Å². The fourth-order valence-electron chi connectivity index (χ4n) is 0.504. The number of ether oxygens (including phenoxy) is 1. The molecule has 1 N–H and O–H groups in total. The summed E-state index contributed by atoms with van der Waals surface area (Å²) in [6, 6.07) is 0. The fraction of sp³-hybridized carbons (Fsp3) is 0.429. The van der Waals surface area contributed by atoms with Crippen LogP contribution in [-0.4, -0.2) is 18.8 Å². The van der Waals surface area contributed by atoms with E-state index in [9.17, 15) is 8.78 Å². The number of nitrogens with one attached hydrogen (secondary N) is 1. The minimum absolute atomic E-state index is 0.250. The van der Waals surface area contributed by atoms with Crippen LogP contribution >= 0.6 is 0 Å². The Kier molecular flexibility index (Phi) is 4.83. The van der Waals surface area contributed by atoms with E-state index in [-0.39, 0.29) is 5.90 Å². The molecule has 0 aliphatic carbocycles. The molecule has 5 heteroatoms. The third-order valence-corrected chi connectivity index (χ3v) is 0.814. The molecule has 0 unspecified atom stereocenters. The lowest BCUT2D eigenvalue weighted by atomic mass is 10.3. The minimum atomic E-state index is -2.90. The Morgan fingerprint density at radius 1 is 1.50 bits per heavy atom. The molecule has 68 valence electrons. The number of halogens is 2. The number of hydrogen-bond donors (Lipinski definition) is 1. The number of alkyl halides is 2. The molecule has 0 saturated heterocycles. The molecule has 3 nitrogen and oxygen atoms in total.